The normalized spacial score (nSPS) is 19.0. The summed E-state index contributed by atoms with van der Waals surface area (Å²) in [5.74, 6) is 0.713. The summed E-state index contributed by atoms with van der Waals surface area (Å²) in [4.78, 5) is 8.84. The molecule has 6 rings (SSSR count). The van der Waals surface area contributed by atoms with Gasteiger partial charge in [-0.1, -0.05) is 72.8 Å². The summed E-state index contributed by atoms with van der Waals surface area (Å²) in [5.41, 5.74) is 3.95. The Bertz CT molecular complexity index is 1760. The molecule has 0 saturated carbocycles. The molecule has 0 spiro atoms. The quantitative estimate of drug-likeness (QED) is 0.186. The maximum atomic E-state index is 13.1. The average molecular weight is 614 g/mol. The molecule has 1 aliphatic rings. The number of fused-ring (bicyclic) bond motifs is 1. The Morgan fingerprint density at radius 1 is 0.814 bits per heavy atom. The zero-order valence-electron chi connectivity index (χ0n) is 23.2. The Labute approximate surface area is 255 Å². The number of nitrogens with one attached hydrogen (secondary N) is 1. The molecular formula is C33H31N3O5S2. The molecule has 0 amide bonds. The lowest BCUT2D eigenvalue weighted by atomic mass is 10.0. The van der Waals surface area contributed by atoms with Crippen molar-refractivity contribution in [1.82, 2.24) is 14.7 Å². The second kappa shape index (κ2) is 13.3. The fourth-order valence-electron chi connectivity index (χ4n) is 4.98. The highest BCUT2D eigenvalue weighted by atomic mass is 32.2. The van der Waals surface area contributed by atoms with Crippen LogP contribution < -0.4 is 4.72 Å². The summed E-state index contributed by atoms with van der Waals surface area (Å²) in [6.07, 6.45) is 3.17. The van der Waals surface area contributed by atoms with Gasteiger partial charge in [-0.05, 0) is 41.0 Å². The van der Waals surface area contributed by atoms with Crippen LogP contribution in [0.3, 0.4) is 0 Å². The van der Waals surface area contributed by atoms with E-state index in [4.69, 9.17) is 9.47 Å². The van der Waals surface area contributed by atoms with Gasteiger partial charge in [0.05, 0.1) is 29.4 Å². The summed E-state index contributed by atoms with van der Waals surface area (Å²) in [5, 5.41) is 11.2. The van der Waals surface area contributed by atoms with Crippen LogP contribution in [0.5, 0.6) is 0 Å². The number of thioether (sulfide) groups is 1. The molecule has 3 atom stereocenters. The number of pyridine rings is 2. The van der Waals surface area contributed by atoms with Crippen molar-refractivity contribution in [3.8, 4) is 0 Å². The van der Waals surface area contributed by atoms with Crippen molar-refractivity contribution in [3.05, 3.63) is 132 Å². The van der Waals surface area contributed by atoms with E-state index in [1.54, 1.807) is 42.4 Å². The molecule has 0 bridgehead atoms. The van der Waals surface area contributed by atoms with Crippen LogP contribution in [0.2, 0.25) is 0 Å². The Morgan fingerprint density at radius 3 is 2.33 bits per heavy atom. The highest BCUT2D eigenvalue weighted by Gasteiger charge is 2.32. The first kappa shape index (κ1) is 29.4. The first-order valence-corrected chi connectivity index (χ1v) is 16.4. The minimum absolute atomic E-state index is 0.0117. The minimum Gasteiger partial charge on any atom is -0.392 e. The van der Waals surface area contributed by atoms with Gasteiger partial charge in [-0.3, -0.25) is 4.98 Å². The van der Waals surface area contributed by atoms with Crippen LogP contribution >= 0.6 is 11.8 Å². The number of aliphatic hydroxyl groups is 1. The second-order valence-electron chi connectivity index (χ2n) is 10.2. The second-order valence-corrected chi connectivity index (χ2v) is 13.0. The first-order chi connectivity index (χ1) is 21.0. The summed E-state index contributed by atoms with van der Waals surface area (Å²) in [6.45, 7) is 0.115. The van der Waals surface area contributed by atoms with Gasteiger partial charge in [0.25, 0.3) is 0 Å². The summed E-state index contributed by atoms with van der Waals surface area (Å²) in [7, 11) is -3.78. The van der Waals surface area contributed by atoms with E-state index in [0.29, 0.717) is 17.7 Å². The fraction of sp³-hybridized carbons (Fsp3) is 0.212. The Kier molecular flexibility index (Phi) is 9.13. The highest BCUT2D eigenvalue weighted by Crippen LogP contribution is 2.39. The van der Waals surface area contributed by atoms with E-state index >= 15 is 0 Å². The Hall–Kier alpha value is -3.64. The van der Waals surface area contributed by atoms with Crippen LogP contribution in [0.15, 0.2) is 119 Å². The van der Waals surface area contributed by atoms with Crippen molar-refractivity contribution < 1.29 is 23.0 Å². The molecule has 1 aliphatic heterocycles. The topological polar surface area (TPSA) is 111 Å². The molecule has 0 radical (unpaired) electrons. The van der Waals surface area contributed by atoms with Crippen molar-refractivity contribution in [3.63, 3.8) is 0 Å². The smallest absolute Gasteiger partial charge is 0.243 e. The molecule has 43 heavy (non-hydrogen) atoms. The molecule has 220 valence electrons. The van der Waals surface area contributed by atoms with Crippen LogP contribution in [0.1, 0.15) is 41.1 Å². The van der Waals surface area contributed by atoms with E-state index in [1.165, 1.54) is 0 Å². The number of aromatic nitrogens is 2. The van der Waals surface area contributed by atoms with E-state index in [0.717, 1.165) is 32.7 Å². The van der Waals surface area contributed by atoms with Crippen molar-refractivity contribution in [2.45, 2.75) is 48.0 Å². The number of ether oxygens (including phenoxy) is 2. The predicted molar refractivity (Wildman–Crippen MR) is 166 cm³/mol. The maximum absolute atomic E-state index is 13.1. The maximum Gasteiger partial charge on any atom is 0.243 e. The lowest BCUT2D eigenvalue weighted by molar-refractivity contribution is -0.245. The third-order valence-electron chi connectivity index (χ3n) is 7.27. The zero-order chi connectivity index (χ0) is 29.6. The SMILES string of the molecule is O=S(=O)(NCc1ccc(C2OC(CSc3ccccn3)CC(c3ccc(CO)cc3)O2)cc1)c1cccc2cccnc12. The Balaban J connectivity index is 1.16. The fourth-order valence-corrected chi connectivity index (χ4v) is 7.05. The molecule has 1 saturated heterocycles. The molecule has 3 unspecified atom stereocenters. The van der Waals surface area contributed by atoms with Gasteiger partial charge in [0.15, 0.2) is 6.29 Å². The predicted octanol–water partition coefficient (Wildman–Crippen LogP) is 5.94. The van der Waals surface area contributed by atoms with Crippen molar-refractivity contribution in [2.75, 3.05) is 5.75 Å². The van der Waals surface area contributed by atoms with Crippen molar-refractivity contribution in [2.24, 2.45) is 0 Å². The summed E-state index contributed by atoms with van der Waals surface area (Å²) < 4.78 is 41.8. The first-order valence-electron chi connectivity index (χ1n) is 14.0. The van der Waals surface area contributed by atoms with Crippen LogP contribution in [0, 0.1) is 0 Å². The third kappa shape index (κ3) is 7.13. The van der Waals surface area contributed by atoms with Crippen LogP contribution in [0.25, 0.3) is 10.9 Å². The zero-order valence-corrected chi connectivity index (χ0v) is 24.9. The number of rotatable bonds is 10. The molecule has 2 N–H and O–H groups in total. The number of nitrogens with zero attached hydrogens (tertiary/aromatic N) is 2. The minimum atomic E-state index is -3.78. The molecular weight excluding hydrogens is 583 g/mol. The number of hydrogen-bond acceptors (Lipinski definition) is 8. The van der Waals surface area contributed by atoms with Gasteiger partial charge in [-0.15, -0.1) is 11.8 Å². The van der Waals surface area contributed by atoms with E-state index in [9.17, 15) is 13.5 Å². The van der Waals surface area contributed by atoms with E-state index in [-0.39, 0.29) is 30.3 Å². The van der Waals surface area contributed by atoms with Gasteiger partial charge in [0.2, 0.25) is 10.0 Å². The largest absolute Gasteiger partial charge is 0.392 e. The van der Waals surface area contributed by atoms with Gasteiger partial charge in [-0.25, -0.2) is 18.1 Å². The molecule has 0 aliphatic carbocycles. The van der Waals surface area contributed by atoms with Crippen molar-refractivity contribution in [1.29, 1.82) is 0 Å². The van der Waals surface area contributed by atoms with Gasteiger partial charge in [-0.2, -0.15) is 0 Å². The molecule has 1 fully saturated rings. The number of sulfonamides is 1. The lowest BCUT2D eigenvalue weighted by Crippen LogP contribution is -2.31. The van der Waals surface area contributed by atoms with E-state index in [1.807, 2.05) is 78.9 Å². The molecule has 3 heterocycles. The average Bonchev–Trinajstić information content (AvgIpc) is 3.07. The molecule has 3 aromatic carbocycles. The number of aliphatic hydroxyl groups excluding tert-OH is 1. The van der Waals surface area contributed by atoms with Crippen LogP contribution in [0.4, 0.5) is 0 Å². The summed E-state index contributed by atoms with van der Waals surface area (Å²) >= 11 is 1.64. The number of hydrogen-bond donors (Lipinski definition) is 2. The van der Waals surface area contributed by atoms with Crippen LogP contribution in [-0.2, 0) is 32.6 Å². The third-order valence-corrected chi connectivity index (χ3v) is 9.78. The molecule has 8 nitrogen and oxygen atoms in total. The van der Waals surface area contributed by atoms with Gasteiger partial charge >= 0.3 is 0 Å². The van der Waals surface area contributed by atoms with Crippen LogP contribution in [-0.4, -0.2) is 35.3 Å². The van der Waals surface area contributed by atoms with Gasteiger partial charge in [0, 0.05) is 42.1 Å². The van der Waals surface area contributed by atoms with E-state index in [2.05, 4.69) is 14.7 Å². The highest BCUT2D eigenvalue weighted by molar-refractivity contribution is 7.99. The number of benzene rings is 3. The van der Waals surface area contributed by atoms with Gasteiger partial charge in [0.1, 0.15) is 4.90 Å². The molecule has 5 aromatic rings. The monoisotopic (exact) mass is 613 g/mol. The standard InChI is InChI=1S/C33H31N3O5S2/c37-21-24-11-13-25(14-12-24)29-19-28(22-42-31-8-1-2-17-34-31)40-33(41-29)27-15-9-23(10-16-27)20-36-43(38,39)30-7-3-5-26-6-4-18-35-32(26)30/h1-18,28-29,33,36-37H,19-22H2. The summed E-state index contributed by atoms with van der Waals surface area (Å²) in [6, 6.07) is 30.0. The Morgan fingerprint density at radius 2 is 1.56 bits per heavy atom. The molecule has 10 heteroatoms. The lowest BCUT2D eigenvalue weighted by Gasteiger charge is -2.36. The van der Waals surface area contributed by atoms with Crippen molar-refractivity contribution >= 4 is 32.7 Å². The molecule has 2 aromatic heterocycles. The van der Waals surface area contributed by atoms with Gasteiger partial charge < -0.3 is 14.6 Å². The number of para-hydroxylation sites is 1. The van der Waals surface area contributed by atoms with E-state index < -0.39 is 16.3 Å².